The van der Waals surface area contributed by atoms with Gasteiger partial charge >= 0.3 is 0 Å². The zero-order chi connectivity index (χ0) is 22.3. The van der Waals surface area contributed by atoms with Crippen LogP contribution < -0.4 is 4.74 Å². The van der Waals surface area contributed by atoms with E-state index < -0.39 is 45.3 Å². The first-order chi connectivity index (χ1) is 14.0. The van der Waals surface area contributed by atoms with E-state index in [1.807, 2.05) is 0 Å². The summed E-state index contributed by atoms with van der Waals surface area (Å²) in [5, 5.41) is 33.2. The van der Waals surface area contributed by atoms with Crippen molar-refractivity contribution in [1.82, 2.24) is 4.98 Å². The predicted octanol–water partition coefficient (Wildman–Crippen LogP) is 0.754. The van der Waals surface area contributed by atoms with Gasteiger partial charge in [-0.25, -0.2) is 0 Å². The van der Waals surface area contributed by atoms with Gasteiger partial charge in [0.1, 0.15) is 5.75 Å². The van der Waals surface area contributed by atoms with Crippen molar-refractivity contribution in [3.05, 3.63) is 36.9 Å². The average molecular weight is 435 g/mol. The molecule has 1 aliphatic rings. The molecular formula is C20H21NO8S. The lowest BCUT2D eigenvalue weighted by Gasteiger charge is -2.54. The maximum absolute atomic E-state index is 12.5. The van der Waals surface area contributed by atoms with Crippen LogP contribution in [-0.2, 0) is 14.4 Å². The number of aliphatic hydroxyl groups is 3. The summed E-state index contributed by atoms with van der Waals surface area (Å²) >= 11 is 0.731. The van der Waals surface area contributed by atoms with Crippen molar-refractivity contribution < 1.29 is 38.9 Å². The van der Waals surface area contributed by atoms with E-state index in [1.54, 1.807) is 12.1 Å². The number of carbonyl (C=O) groups excluding carboxylic acids is 3. The van der Waals surface area contributed by atoms with Gasteiger partial charge in [-0.2, -0.15) is 0 Å². The van der Waals surface area contributed by atoms with Crippen molar-refractivity contribution in [2.24, 2.45) is 0 Å². The van der Waals surface area contributed by atoms with Crippen molar-refractivity contribution in [2.75, 3.05) is 5.75 Å². The number of hydrogen-bond acceptors (Lipinski definition) is 10. The molecule has 0 radical (unpaired) electrons. The van der Waals surface area contributed by atoms with Crippen molar-refractivity contribution in [3.63, 3.8) is 0 Å². The Morgan fingerprint density at radius 1 is 1.10 bits per heavy atom. The summed E-state index contributed by atoms with van der Waals surface area (Å²) in [6.07, 6.45) is 4.33. The van der Waals surface area contributed by atoms with Gasteiger partial charge in [-0.1, -0.05) is 0 Å². The fraction of sp³-hybridized carbons (Fsp3) is 0.400. The normalized spacial score (nSPS) is 31.2. The van der Waals surface area contributed by atoms with Gasteiger partial charge in [-0.3, -0.25) is 19.4 Å². The van der Waals surface area contributed by atoms with E-state index in [2.05, 4.69) is 4.98 Å². The lowest BCUT2D eigenvalue weighted by atomic mass is 9.65. The molecule has 30 heavy (non-hydrogen) atoms. The van der Waals surface area contributed by atoms with Crippen molar-refractivity contribution in [3.8, 4) is 17.0 Å². The van der Waals surface area contributed by atoms with Crippen LogP contribution in [0.3, 0.4) is 0 Å². The molecule has 0 amide bonds. The first-order valence-corrected chi connectivity index (χ1v) is 10.0. The summed E-state index contributed by atoms with van der Waals surface area (Å²) in [5.41, 5.74) is -8.85. The summed E-state index contributed by atoms with van der Waals surface area (Å²) < 4.78 is 10.7. The van der Waals surface area contributed by atoms with E-state index >= 15 is 0 Å². The molecule has 0 spiro atoms. The number of Topliss-reactive ketones (excluding diaryl/α,β-unsaturated/α-hetero) is 3. The zero-order valence-electron chi connectivity index (χ0n) is 16.5. The highest BCUT2D eigenvalue weighted by Gasteiger charge is 2.75. The van der Waals surface area contributed by atoms with Gasteiger partial charge in [0.25, 0.3) is 0 Å². The van der Waals surface area contributed by atoms with Crippen LogP contribution >= 0.6 is 11.8 Å². The molecule has 10 heteroatoms. The Kier molecular flexibility index (Phi) is 5.63. The Labute approximate surface area is 176 Å². The van der Waals surface area contributed by atoms with Gasteiger partial charge in [0.2, 0.25) is 5.60 Å². The largest absolute Gasteiger partial charge is 0.474 e. The molecule has 3 N–H and O–H groups in total. The molecule has 0 aliphatic carbocycles. The smallest absolute Gasteiger partial charge is 0.208 e. The summed E-state index contributed by atoms with van der Waals surface area (Å²) in [6.45, 7) is 2.79. The fourth-order valence-electron chi connectivity index (χ4n) is 3.52. The second-order valence-corrected chi connectivity index (χ2v) is 8.21. The van der Waals surface area contributed by atoms with Gasteiger partial charge in [0.15, 0.2) is 34.0 Å². The maximum Gasteiger partial charge on any atom is 0.208 e. The number of pyridine rings is 1. The third-order valence-corrected chi connectivity index (χ3v) is 6.68. The molecule has 9 nitrogen and oxygen atoms in total. The molecule has 4 atom stereocenters. The molecule has 0 aromatic carbocycles. The molecule has 3 rings (SSSR count). The Morgan fingerprint density at radius 3 is 2.27 bits per heavy atom. The molecule has 1 fully saturated rings. The SMILES string of the molecule is CC(=O)[C@]1(O)[C@@](O)(C(C)=O)CS[C@H](Oc2ccc(-c3ccoc3)nc2)[C@@]1(O)C(C)=O. The highest BCUT2D eigenvalue weighted by Crippen LogP contribution is 2.49. The van der Waals surface area contributed by atoms with E-state index in [0.29, 0.717) is 5.69 Å². The first kappa shape index (κ1) is 22.2. The molecule has 2 aromatic rings. The van der Waals surface area contributed by atoms with E-state index in [1.165, 1.54) is 24.8 Å². The van der Waals surface area contributed by atoms with E-state index in [-0.39, 0.29) is 5.75 Å². The van der Waals surface area contributed by atoms with Crippen molar-refractivity contribution >= 4 is 29.1 Å². The number of carbonyl (C=O) groups is 3. The minimum atomic E-state index is -3.10. The Morgan fingerprint density at radius 2 is 1.80 bits per heavy atom. The molecule has 3 heterocycles. The lowest BCUT2D eigenvalue weighted by molar-refractivity contribution is -0.236. The van der Waals surface area contributed by atoms with Crippen LogP contribution in [0.5, 0.6) is 5.75 Å². The number of thioether (sulfide) groups is 1. The molecule has 0 unspecified atom stereocenters. The third-order valence-electron chi connectivity index (χ3n) is 5.36. The Balaban J connectivity index is 2.00. The van der Waals surface area contributed by atoms with Crippen LogP contribution in [-0.4, -0.2) is 65.6 Å². The van der Waals surface area contributed by atoms with E-state index in [0.717, 1.165) is 38.1 Å². The second-order valence-electron chi connectivity index (χ2n) is 7.16. The quantitative estimate of drug-likeness (QED) is 0.594. The number of aromatic nitrogens is 1. The minimum Gasteiger partial charge on any atom is -0.474 e. The first-order valence-electron chi connectivity index (χ1n) is 8.95. The predicted molar refractivity (Wildman–Crippen MR) is 106 cm³/mol. The molecule has 160 valence electrons. The van der Waals surface area contributed by atoms with E-state index in [9.17, 15) is 29.7 Å². The van der Waals surface area contributed by atoms with Crippen molar-refractivity contribution in [1.29, 1.82) is 0 Å². The lowest BCUT2D eigenvalue weighted by Crippen LogP contribution is -2.82. The summed E-state index contributed by atoms with van der Waals surface area (Å²) in [5.74, 6) is -3.48. The molecular weight excluding hydrogens is 414 g/mol. The molecule has 0 bridgehead atoms. The van der Waals surface area contributed by atoms with Gasteiger partial charge < -0.3 is 24.5 Å². The Bertz CT molecular complexity index is 975. The number of furan rings is 1. The minimum absolute atomic E-state index is 0.138. The third kappa shape index (κ3) is 3.07. The van der Waals surface area contributed by atoms with Crippen LogP contribution in [0.4, 0.5) is 0 Å². The van der Waals surface area contributed by atoms with E-state index in [4.69, 9.17) is 9.15 Å². The van der Waals surface area contributed by atoms with Gasteiger partial charge in [-0.15, -0.1) is 11.8 Å². The van der Waals surface area contributed by atoms with Crippen molar-refractivity contribution in [2.45, 2.75) is 43.0 Å². The van der Waals surface area contributed by atoms with Gasteiger partial charge in [0, 0.05) is 11.3 Å². The molecule has 1 aliphatic heterocycles. The average Bonchev–Trinajstić information content (AvgIpc) is 3.23. The van der Waals surface area contributed by atoms with Gasteiger partial charge in [-0.05, 0) is 39.0 Å². The standard InChI is InChI=1S/C20H21NO8S/c1-11(22)18(25)10-30-17(19(26,12(2)23)20(18,27)13(3)24)29-15-4-5-16(21-8-15)14-6-7-28-9-14/h4-9,17,25-27H,10H2,1-3H3/t17-,18-,19-,20-/m0/s1. The number of nitrogens with zero attached hydrogens (tertiary/aromatic N) is 1. The van der Waals surface area contributed by atoms with Crippen LogP contribution in [0.25, 0.3) is 11.3 Å². The maximum atomic E-state index is 12.5. The summed E-state index contributed by atoms with van der Waals surface area (Å²) in [6, 6.07) is 4.85. The fourth-order valence-corrected chi connectivity index (χ4v) is 5.08. The van der Waals surface area contributed by atoms with Crippen LogP contribution in [0.2, 0.25) is 0 Å². The van der Waals surface area contributed by atoms with Crippen LogP contribution in [0.1, 0.15) is 20.8 Å². The van der Waals surface area contributed by atoms with Gasteiger partial charge in [0.05, 0.1) is 24.4 Å². The topological polar surface area (TPSA) is 147 Å². The highest BCUT2D eigenvalue weighted by atomic mass is 32.2. The molecule has 2 aromatic heterocycles. The summed E-state index contributed by atoms with van der Waals surface area (Å²) in [7, 11) is 0. The number of rotatable bonds is 6. The number of ketones is 3. The summed E-state index contributed by atoms with van der Waals surface area (Å²) in [4.78, 5) is 41.2. The molecule has 0 saturated carbocycles. The highest BCUT2D eigenvalue weighted by molar-refractivity contribution is 8.00. The zero-order valence-corrected chi connectivity index (χ0v) is 17.3. The van der Waals surface area contributed by atoms with Crippen LogP contribution in [0, 0.1) is 0 Å². The number of hydrogen-bond donors (Lipinski definition) is 3. The molecule has 1 saturated heterocycles. The second kappa shape index (κ2) is 7.62. The monoisotopic (exact) mass is 435 g/mol. The van der Waals surface area contributed by atoms with Crippen LogP contribution in [0.15, 0.2) is 41.3 Å². The Hall–Kier alpha value is -2.53. The number of ether oxygens (including phenoxy) is 1.